The van der Waals surface area contributed by atoms with Gasteiger partial charge in [0.2, 0.25) is 0 Å². The lowest BCUT2D eigenvalue weighted by Gasteiger charge is -2.46. The Bertz CT molecular complexity index is 744. The average Bonchev–Trinajstić information content (AvgIpc) is 3.20. The van der Waals surface area contributed by atoms with Crippen molar-refractivity contribution in [3.05, 3.63) is 48.5 Å². The standard InChI is InChI=1S/C20H27N5O/c1-23-11-8-19-17(14-23)6-4-10-25(19)20(26)22-13-16-5-2-3-7-18(16)24-12-9-21-15-24/h2-3,5,7,9,12,15,17,19H,4,6,8,10-11,13-14H2,1H3,(H,22,26). The quantitative estimate of drug-likeness (QED) is 0.922. The highest BCUT2D eigenvalue weighted by Crippen LogP contribution is 2.30. The number of benzene rings is 1. The SMILES string of the molecule is CN1CCC2C(CCCN2C(=O)NCc2ccccc2-n2ccnc2)C1. The molecule has 6 heteroatoms. The van der Waals surface area contributed by atoms with Crippen LogP contribution in [0.2, 0.25) is 0 Å². The number of amides is 2. The highest BCUT2D eigenvalue weighted by Gasteiger charge is 2.37. The van der Waals surface area contributed by atoms with Gasteiger partial charge in [0, 0.05) is 38.1 Å². The molecule has 138 valence electrons. The van der Waals surface area contributed by atoms with E-state index < -0.39 is 0 Å². The minimum Gasteiger partial charge on any atom is -0.334 e. The summed E-state index contributed by atoms with van der Waals surface area (Å²) in [7, 11) is 2.18. The lowest BCUT2D eigenvalue weighted by molar-refractivity contribution is 0.0532. The first-order chi connectivity index (χ1) is 12.7. The number of hydrogen-bond acceptors (Lipinski definition) is 3. The van der Waals surface area contributed by atoms with E-state index >= 15 is 0 Å². The fourth-order valence-electron chi connectivity index (χ4n) is 4.42. The van der Waals surface area contributed by atoms with Crippen LogP contribution >= 0.6 is 0 Å². The van der Waals surface area contributed by atoms with Crippen molar-refractivity contribution in [3.8, 4) is 5.69 Å². The third kappa shape index (κ3) is 3.46. The van der Waals surface area contributed by atoms with Crippen molar-refractivity contribution in [1.29, 1.82) is 0 Å². The van der Waals surface area contributed by atoms with Crippen LogP contribution in [0.3, 0.4) is 0 Å². The molecule has 0 spiro atoms. The molecule has 1 N–H and O–H groups in total. The van der Waals surface area contributed by atoms with E-state index in [2.05, 4.69) is 39.3 Å². The van der Waals surface area contributed by atoms with E-state index in [1.54, 1.807) is 12.5 Å². The number of nitrogens with zero attached hydrogens (tertiary/aromatic N) is 4. The molecule has 2 saturated heterocycles. The van der Waals surface area contributed by atoms with E-state index in [0.717, 1.165) is 43.7 Å². The van der Waals surface area contributed by atoms with Gasteiger partial charge in [-0.15, -0.1) is 0 Å². The van der Waals surface area contributed by atoms with Crippen molar-refractivity contribution >= 4 is 6.03 Å². The van der Waals surface area contributed by atoms with Gasteiger partial charge >= 0.3 is 6.03 Å². The Morgan fingerprint density at radius 2 is 2.15 bits per heavy atom. The van der Waals surface area contributed by atoms with Crippen LogP contribution in [0.15, 0.2) is 43.0 Å². The summed E-state index contributed by atoms with van der Waals surface area (Å²) in [5.74, 6) is 0.617. The molecular weight excluding hydrogens is 326 g/mol. The van der Waals surface area contributed by atoms with Crippen LogP contribution in [0.5, 0.6) is 0 Å². The smallest absolute Gasteiger partial charge is 0.317 e. The predicted octanol–water partition coefficient (Wildman–Crippen LogP) is 2.50. The zero-order valence-electron chi connectivity index (χ0n) is 15.3. The predicted molar refractivity (Wildman–Crippen MR) is 101 cm³/mol. The third-order valence-corrected chi connectivity index (χ3v) is 5.74. The van der Waals surface area contributed by atoms with Gasteiger partial charge in [0.1, 0.15) is 0 Å². The maximum Gasteiger partial charge on any atom is 0.317 e. The molecule has 2 amide bonds. The van der Waals surface area contributed by atoms with Gasteiger partial charge < -0.3 is 19.7 Å². The zero-order chi connectivity index (χ0) is 17.9. The summed E-state index contributed by atoms with van der Waals surface area (Å²) < 4.78 is 1.98. The van der Waals surface area contributed by atoms with Crippen LogP contribution in [-0.4, -0.2) is 58.1 Å². The molecule has 0 aliphatic carbocycles. The number of hydrogen-bond donors (Lipinski definition) is 1. The van der Waals surface area contributed by atoms with E-state index in [-0.39, 0.29) is 6.03 Å². The molecule has 26 heavy (non-hydrogen) atoms. The molecule has 2 unspecified atom stereocenters. The van der Waals surface area contributed by atoms with Crippen molar-refractivity contribution in [1.82, 2.24) is 24.7 Å². The second-order valence-electron chi connectivity index (χ2n) is 7.47. The number of para-hydroxylation sites is 1. The molecule has 2 aliphatic rings. The van der Waals surface area contributed by atoms with Crippen LogP contribution in [0.4, 0.5) is 4.79 Å². The summed E-state index contributed by atoms with van der Waals surface area (Å²) in [4.78, 5) is 21.5. The number of imidazole rings is 1. The lowest BCUT2D eigenvalue weighted by atomic mass is 9.84. The Hall–Kier alpha value is -2.34. The molecule has 1 aromatic heterocycles. The van der Waals surface area contributed by atoms with Crippen LogP contribution in [0.25, 0.3) is 5.69 Å². The number of carbonyl (C=O) groups is 1. The Morgan fingerprint density at radius 3 is 3.00 bits per heavy atom. The fraction of sp³-hybridized carbons (Fsp3) is 0.500. The van der Waals surface area contributed by atoms with Crippen molar-refractivity contribution in [2.24, 2.45) is 5.92 Å². The molecule has 2 aliphatic heterocycles. The first kappa shape index (κ1) is 17.1. The summed E-state index contributed by atoms with van der Waals surface area (Å²) in [5.41, 5.74) is 2.15. The van der Waals surface area contributed by atoms with Crippen LogP contribution in [0, 0.1) is 5.92 Å². The first-order valence-electron chi connectivity index (χ1n) is 9.51. The fourth-order valence-corrected chi connectivity index (χ4v) is 4.42. The molecule has 0 radical (unpaired) electrons. The van der Waals surface area contributed by atoms with E-state index in [4.69, 9.17) is 0 Å². The van der Waals surface area contributed by atoms with E-state index in [0.29, 0.717) is 18.5 Å². The summed E-state index contributed by atoms with van der Waals surface area (Å²) in [6.07, 6.45) is 8.91. The first-order valence-corrected chi connectivity index (χ1v) is 9.51. The van der Waals surface area contributed by atoms with E-state index in [9.17, 15) is 4.79 Å². The van der Waals surface area contributed by atoms with Crippen molar-refractivity contribution in [2.75, 3.05) is 26.7 Å². The average molecular weight is 353 g/mol. The van der Waals surface area contributed by atoms with Gasteiger partial charge in [-0.1, -0.05) is 18.2 Å². The molecule has 0 bridgehead atoms. The minimum absolute atomic E-state index is 0.0738. The number of aromatic nitrogens is 2. The summed E-state index contributed by atoms with van der Waals surface area (Å²) in [6, 6.07) is 8.60. The van der Waals surface area contributed by atoms with Crippen molar-refractivity contribution < 1.29 is 4.79 Å². The normalized spacial score (nSPS) is 23.5. The second kappa shape index (κ2) is 7.50. The Morgan fingerprint density at radius 1 is 1.27 bits per heavy atom. The number of urea groups is 1. The summed E-state index contributed by atoms with van der Waals surface area (Å²) >= 11 is 0. The minimum atomic E-state index is 0.0738. The monoisotopic (exact) mass is 353 g/mol. The molecule has 6 nitrogen and oxygen atoms in total. The van der Waals surface area contributed by atoms with Crippen LogP contribution in [-0.2, 0) is 6.54 Å². The van der Waals surface area contributed by atoms with Gasteiger partial charge in [-0.05, 0) is 50.4 Å². The van der Waals surface area contributed by atoms with Gasteiger partial charge in [-0.3, -0.25) is 0 Å². The Kier molecular flexibility index (Phi) is 4.93. The number of fused-ring (bicyclic) bond motifs is 1. The molecule has 1 aromatic carbocycles. The Balaban J connectivity index is 1.43. The molecule has 2 fully saturated rings. The van der Waals surface area contributed by atoms with E-state index in [1.807, 2.05) is 22.9 Å². The second-order valence-corrected chi connectivity index (χ2v) is 7.47. The molecular formula is C20H27N5O. The molecule has 2 aromatic rings. The highest BCUT2D eigenvalue weighted by molar-refractivity contribution is 5.75. The Labute approximate surface area is 154 Å². The maximum absolute atomic E-state index is 12.9. The van der Waals surface area contributed by atoms with Gasteiger partial charge in [-0.2, -0.15) is 0 Å². The van der Waals surface area contributed by atoms with Gasteiger partial charge in [0.05, 0.1) is 12.0 Å². The highest BCUT2D eigenvalue weighted by atomic mass is 16.2. The third-order valence-electron chi connectivity index (χ3n) is 5.74. The zero-order valence-corrected chi connectivity index (χ0v) is 15.3. The number of likely N-dealkylation sites (tertiary alicyclic amines) is 2. The summed E-state index contributed by atoms with van der Waals surface area (Å²) in [5, 5.41) is 3.15. The molecule has 4 rings (SSSR count). The molecule has 0 saturated carbocycles. The van der Waals surface area contributed by atoms with E-state index in [1.165, 1.54) is 6.42 Å². The lowest BCUT2D eigenvalue weighted by Crippen LogP contribution is -2.57. The van der Waals surface area contributed by atoms with Crippen LogP contribution in [0.1, 0.15) is 24.8 Å². The topological polar surface area (TPSA) is 53.4 Å². The van der Waals surface area contributed by atoms with Gasteiger partial charge in [-0.25, -0.2) is 9.78 Å². The number of carbonyl (C=O) groups excluding carboxylic acids is 1. The number of piperidine rings is 2. The number of nitrogens with one attached hydrogen (secondary N) is 1. The maximum atomic E-state index is 12.9. The van der Waals surface area contributed by atoms with Gasteiger partial charge in [0.25, 0.3) is 0 Å². The molecule has 2 atom stereocenters. The van der Waals surface area contributed by atoms with Crippen molar-refractivity contribution in [3.63, 3.8) is 0 Å². The largest absolute Gasteiger partial charge is 0.334 e. The van der Waals surface area contributed by atoms with Gasteiger partial charge in [0.15, 0.2) is 0 Å². The summed E-state index contributed by atoms with van der Waals surface area (Å²) in [6.45, 7) is 3.59. The molecule has 3 heterocycles. The van der Waals surface area contributed by atoms with Crippen molar-refractivity contribution in [2.45, 2.75) is 31.8 Å². The van der Waals surface area contributed by atoms with Crippen LogP contribution < -0.4 is 5.32 Å². The number of rotatable bonds is 3.